The lowest BCUT2D eigenvalue weighted by molar-refractivity contribution is 0.0910. The van der Waals surface area contributed by atoms with Gasteiger partial charge in [-0.3, -0.25) is 0 Å². The number of aliphatic hydroxyl groups is 1. The van der Waals surface area contributed by atoms with Crippen LogP contribution in [0.25, 0.3) is 0 Å². The second-order valence-electron chi connectivity index (χ2n) is 5.43. The molecule has 1 aliphatic carbocycles. The van der Waals surface area contributed by atoms with E-state index < -0.39 is 10.0 Å². The Bertz CT molecular complexity index is 339. The maximum atomic E-state index is 12.3. The highest BCUT2D eigenvalue weighted by Gasteiger charge is 2.36. The molecule has 0 radical (unpaired) electrons. The molecule has 17 heavy (non-hydrogen) atoms. The van der Waals surface area contributed by atoms with Gasteiger partial charge in [0.2, 0.25) is 10.0 Å². The fourth-order valence-corrected chi connectivity index (χ4v) is 5.08. The molecule has 0 aromatic rings. The largest absolute Gasteiger partial charge is 0.393 e. The van der Waals surface area contributed by atoms with Gasteiger partial charge in [0.25, 0.3) is 0 Å². The number of sulfonamides is 1. The van der Waals surface area contributed by atoms with Crippen molar-refractivity contribution < 1.29 is 13.5 Å². The third kappa shape index (κ3) is 2.83. The van der Waals surface area contributed by atoms with E-state index in [1.807, 2.05) is 0 Å². The number of rotatable bonds is 3. The number of hydrogen-bond acceptors (Lipinski definition) is 3. The molecule has 1 saturated heterocycles. The zero-order valence-corrected chi connectivity index (χ0v) is 11.3. The zero-order valence-electron chi connectivity index (χ0n) is 10.5. The second-order valence-corrected chi connectivity index (χ2v) is 7.64. The average Bonchev–Trinajstić information content (AvgIpc) is 2.83. The Balaban J connectivity index is 1.95. The van der Waals surface area contributed by atoms with E-state index in [9.17, 15) is 13.5 Å². The molecule has 0 aromatic carbocycles. The fraction of sp³-hybridized carbons (Fsp3) is 1.00. The maximum absolute atomic E-state index is 12.3. The van der Waals surface area contributed by atoms with E-state index in [1.165, 1.54) is 0 Å². The summed E-state index contributed by atoms with van der Waals surface area (Å²) in [5, 5.41) is 9.38. The normalized spacial score (nSPS) is 27.4. The summed E-state index contributed by atoms with van der Waals surface area (Å²) < 4.78 is 26.3. The minimum Gasteiger partial charge on any atom is -0.393 e. The molecule has 5 heteroatoms. The molecule has 0 aromatic heterocycles. The van der Waals surface area contributed by atoms with Crippen LogP contribution in [-0.4, -0.2) is 42.3 Å². The molecule has 4 nitrogen and oxygen atoms in total. The minimum absolute atomic E-state index is 0.134. The van der Waals surface area contributed by atoms with Crippen LogP contribution < -0.4 is 0 Å². The summed E-state index contributed by atoms with van der Waals surface area (Å²) in [6.45, 7) is 2.98. The smallest absolute Gasteiger partial charge is 0.216 e. The quantitative estimate of drug-likeness (QED) is 0.834. The summed E-state index contributed by atoms with van der Waals surface area (Å²) in [5.74, 6) is 0.269. The van der Waals surface area contributed by atoms with Crippen LogP contribution in [0, 0.1) is 5.92 Å². The fourth-order valence-electron chi connectivity index (χ4n) is 3.01. The molecule has 1 heterocycles. The molecule has 0 spiro atoms. The van der Waals surface area contributed by atoms with Crippen LogP contribution in [0.1, 0.15) is 45.4 Å². The van der Waals surface area contributed by atoms with Gasteiger partial charge < -0.3 is 5.11 Å². The molecule has 0 bridgehead atoms. The third-order valence-electron chi connectivity index (χ3n) is 4.26. The van der Waals surface area contributed by atoms with Crippen LogP contribution in [-0.2, 0) is 10.0 Å². The van der Waals surface area contributed by atoms with Gasteiger partial charge in [-0.25, -0.2) is 12.7 Å². The first-order chi connectivity index (χ1) is 8.01. The van der Waals surface area contributed by atoms with Gasteiger partial charge >= 0.3 is 0 Å². The molecule has 100 valence electrons. The molecule has 0 amide bonds. The van der Waals surface area contributed by atoms with Crippen LogP contribution in [0.15, 0.2) is 0 Å². The van der Waals surface area contributed by atoms with Gasteiger partial charge in [-0.2, -0.15) is 0 Å². The van der Waals surface area contributed by atoms with E-state index in [0.717, 1.165) is 38.5 Å². The van der Waals surface area contributed by atoms with Crippen molar-refractivity contribution in [2.45, 2.75) is 56.8 Å². The number of aliphatic hydroxyl groups excluding tert-OH is 1. The van der Waals surface area contributed by atoms with E-state index in [4.69, 9.17) is 0 Å². The summed E-state index contributed by atoms with van der Waals surface area (Å²) >= 11 is 0. The lowest BCUT2D eigenvalue weighted by Crippen LogP contribution is -2.44. The first-order valence-electron chi connectivity index (χ1n) is 6.69. The Morgan fingerprint density at radius 3 is 2.12 bits per heavy atom. The molecular formula is C12H23NO3S. The van der Waals surface area contributed by atoms with Crippen molar-refractivity contribution in [3.63, 3.8) is 0 Å². The van der Waals surface area contributed by atoms with Gasteiger partial charge in [0, 0.05) is 13.1 Å². The van der Waals surface area contributed by atoms with E-state index in [-0.39, 0.29) is 17.3 Å². The van der Waals surface area contributed by atoms with Crippen LogP contribution in [0.2, 0.25) is 0 Å². The molecule has 2 rings (SSSR count). The highest BCUT2D eigenvalue weighted by Crippen LogP contribution is 2.30. The van der Waals surface area contributed by atoms with E-state index in [2.05, 4.69) is 0 Å². The van der Waals surface area contributed by atoms with Crippen molar-refractivity contribution in [2.24, 2.45) is 5.92 Å². The topological polar surface area (TPSA) is 57.6 Å². The molecule has 2 fully saturated rings. The third-order valence-corrected chi connectivity index (χ3v) is 6.66. The number of piperidine rings is 1. The van der Waals surface area contributed by atoms with Gasteiger partial charge in [0.1, 0.15) is 0 Å². The molecule has 1 saturated carbocycles. The van der Waals surface area contributed by atoms with E-state index in [0.29, 0.717) is 13.1 Å². The average molecular weight is 261 g/mol. The lowest BCUT2D eigenvalue weighted by Gasteiger charge is -2.34. The van der Waals surface area contributed by atoms with Gasteiger partial charge in [0.05, 0.1) is 11.4 Å². The number of hydrogen-bond donors (Lipinski definition) is 1. The van der Waals surface area contributed by atoms with E-state index in [1.54, 1.807) is 11.2 Å². The first-order valence-corrected chi connectivity index (χ1v) is 8.19. The van der Waals surface area contributed by atoms with Crippen molar-refractivity contribution in [1.29, 1.82) is 0 Å². The Kier molecular flexibility index (Phi) is 4.10. The summed E-state index contributed by atoms with van der Waals surface area (Å²) in [7, 11) is -3.06. The summed E-state index contributed by atoms with van der Waals surface area (Å²) in [4.78, 5) is 0. The Labute approximate surface area is 104 Å². The van der Waals surface area contributed by atoms with Gasteiger partial charge in [0.15, 0.2) is 0 Å². The van der Waals surface area contributed by atoms with Crippen molar-refractivity contribution in [2.75, 3.05) is 13.1 Å². The van der Waals surface area contributed by atoms with Gasteiger partial charge in [-0.1, -0.05) is 12.8 Å². The lowest BCUT2D eigenvalue weighted by atomic mass is 9.93. The Hall–Kier alpha value is -0.130. The predicted octanol–water partition coefficient (Wildman–Crippen LogP) is 1.35. The Morgan fingerprint density at radius 2 is 1.65 bits per heavy atom. The molecular weight excluding hydrogens is 238 g/mol. The highest BCUT2D eigenvalue weighted by molar-refractivity contribution is 7.89. The molecule has 1 N–H and O–H groups in total. The summed E-state index contributed by atoms with van der Waals surface area (Å²) in [5.41, 5.74) is 0. The molecule has 1 unspecified atom stereocenters. The van der Waals surface area contributed by atoms with Crippen molar-refractivity contribution in [3.8, 4) is 0 Å². The predicted molar refractivity (Wildman–Crippen MR) is 67.2 cm³/mol. The van der Waals surface area contributed by atoms with Crippen LogP contribution in [0.3, 0.4) is 0 Å². The van der Waals surface area contributed by atoms with Crippen LogP contribution in [0.5, 0.6) is 0 Å². The SMILES string of the molecule is CC(O)C1CCN(S(=O)(=O)C2CCCC2)CC1. The minimum atomic E-state index is -3.06. The molecule has 2 aliphatic rings. The van der Waals surface area contributed by atoms with Gasteiger partial charge in [-0.05, 0) is 38.5 Å². The van der Waals surface area contributed by atoms with Crippen molar-refractivity contribution >= 4 is 10.0 Å². The van der Waals surface area contributed by atoms with Crippen molar-refractivity contribution in [3.05, 3.63) is 0 Å². The standard InChI is InChI=1S/C12H23NO3S/c1-10(14)11-6-8-13(9-7-11)17(15,16)12-4-2-3-5-12/h10-12,14H,2-9H2,1H3. The second kappa shape index (κ2) is 5.24. The van der Waals surface area contributed by atoms with Crippen molar-refractivity contribution in [1.82, 2.24) is 4.31 Å². The maximum Gasteiger partial charge on any atom is 0.216 e. The Morgan fingerprint density at radius 1 is 1.12 bits per heavy atom. The molecule has 1 atom stereocenters. The monoisotopic (exact) mass is 261 g/mol. The van der Waals surface area contributed by atoms with Gasteiger partial charge in [-0.15, -0.1) is 0 Å². The highest BCUT2D eigenvalue weighted by atomic mass is 32.2. The first kappa shape index (κ1) is 13.3. The van der Waals surface area contributed by atoms with Crippen LogP contribution in [0.4, 0.5) is 0 Å². The zero-order chi connectivity index (χ0) is 12.5. The van der Waals surface area contributed by atoms with E-state index >= 15 is 0 Å². The van der Waals surface area contributed by atoms with Crippen LogP contribution >= 0.6 is 0 Å². The molecule has 1 aliphatic heterocycles. The summed E-state index contributed by atoms with van der Waals surface area (Å²) in [6, 6.07) is 0. The summed E-state index contributed by atoms with van der Waals surface area (Å²) in [6.07, 6.45) is 5.04. The number of nitrogens with zero attached hydrogens (tertiary/aromatic N) is 1.